The number of ether oxygens (including phenoxy) is 5. The molecule has 0 radical (unpaired) electrons. The molecule has 2 aromatic carbocycles. The monoisotopic (exact) mass is 676 g/mol. The molecule has 5 rings (SSSR count). The number of alkyl carbamates (subject to hydrolysis) is 1. The summed E-state index contributed by atoms with van der Waals surface area (Å²) in [5.74, 6) is -1.21. The Bertz CT molecular complexity index is 1870. The Balaban J connectivity index is 1.10. The van der Waals surface area contributed by atoms with E-state index in [-0.39, 0.29) is 17.2 Å². The summed E-state index contributed by atoms with van der Waals surface area (Å²) in [5.41, 5.74) is 1.84. The third-order valence-electron chi connectivity index (χ3n) is 6.81. The van der Waals surface area contributed by atoms with Crippen molar-refractivity contribution < 1.29 is 37.3 Å². The fourth-order valence-electron chi connectivity index (χ4n) is 4.63. The Morgan fingerprint density at radius 2 is 1.65 bits per heavy atom. The maximum atomic E-state index is 15.3. The Morgan fingerprint density at radius 1 is 0.878 bits per heavy atom. The molecule has 0 atom stereocenters. The molecule has 0 saturated heterocycles. The molecular weight excluding hydrogens is 638 g/mol. The van der Waals surface area contributed by atoms with Gasteiger partial charge in [0.2, 0.25) is 11.7 Å². The molecule has 2 N–H and O–H groups in total. The van der Waals surface area contributed by atoms with E-state index in [1.165, 1.54) is 24.5 Å². The van der Waals surface area contributed by atoms with Crippen molar-refractivity contribution in [2.24, 2.45) is 0 Å². The predicted molar refractivity (Wildman–Crippen MR) is 178 cm³/mol. The van der Waals surface area contributed by atoms with E-state index in [0.29, 0.717) is 62.5 Å². The fraction of sp³-hybridized carbons (Fsp3) is 0.314. The van der Waals surface area contributed by atoms with Gasteiger partial charge in [0.1, 0.15) is 18.0 Å². The number of carbonyl (C=O) groups excluding carboxylic acids is 1. The molecule has 0 aliphatic carbocycles. The zero-order valence-corrected chi connectivity index (χ0v) is 27.7. The third kappa shape index (κ3) is 9.61. The minimum atomic E-state index is -1.13. The molecule has 0 aliphatic heterocycles. The molecule has 258 valence electrons. The molecule has 0 saturated carbocycles. The molecule has 0 aliphatic rings. The number of halogens is 2. The highest BCUT2D eigenvalue weighted by atomic mass is 19.2. The number of aromatic nitrogens is 4. The Kier molecular flexibility index (Phi) is 11.5. The number of amides is 1. The van der Waals surface area contributed by atoms with Crippen molar-refractivity contribution in [1.82, 2.24) is 24.7 Å². The summed E-state index contributed by atoms with van der Waals surface area (Å²) in [6.07, 6.45) is 5.65. The second-order valence-electron chi connectivity index (χ2n) is 11.7. The molecule has 0 unspecified atom stereocenters. The normalized spacial score (nSPS) is 11.4. The molecule has 5 aromatic rings. The molecule has 1 amide bonds. The van der Waals surface area contributed by atoms with Crippen LogP contribution in [0.3, 0.4) is 0 Å². The highest BCUT2D eigenvalue weighted by Crippen LogP contribution is 2.33. The molecule has 14 heteroatoms. The predicted octanol–water partition coefficient (Wildman–Crippen LogP) is 6.85. The number of hydrogen-bond acceptors (Lipinski definition) is 10. The lowest BCUT2D eigenvalue weighted by Gasteiger charge is -2.19. The summed E-state index contributed by atoms with van der Waals surface area (Å²) >= 11 is 0. The van der Waals surface area contributed by atoms with Gasteiger partial charge in [0.25, 0.3) is 0 Å². The largest absolute Gasteiger partial charge is 0.491 e. The number of pyridine rings is 1. The van der Waals surface area contributed by atoms with Crippen molar-refractivity contribution in [2.45, 2.75) is 33.3 Å². The average Bonchev–Trinajstić information content (AvgIpc) is 3.50. The lowest BCUT2D eigenvalue weighted by Crippen LogP contribution is -2.34. The summed E-state index contributed by atoms with van der Waals surface area (Å²) in [7, 11) is 0. The van der Waals surface area contributed by atoms with Crippen molar-refractivity contribution in [3.63, 3.8) is 0 Å². The number of carbonyl (C=O) groups is 1. The number of anilines is 2. The number of imidazole rings is 1. The first-order valence-electron chi connectivity index (χ1n) is 15.6. The highest BCUT2D eigenvalue weighted by molar-refractivity contribution is 5.75. The smallest absolute Gasteiger partial charge is 0.407 e. The van der Waals surface area contributed by atoms with E-state index in [9.17, 15) is 9.18 Å². The van der Waals surface area contributed by atoms with Crippen LogP contribution in [-0.4, -0.2) is 70.6 Å². The number of nitrogens with one attached hydrogen (secondary N) is 2. The first-order chi connectivity index (χ1) is 23.6. The Hall–Kier alpha value is -5.34. The van der Waals surface area contributed by atoms with Gasteiger partial charge in [-0.25, -0.2) is 24.1 Å². The van der Waals surface area contributed by atoms with Crippen LogP contribution < -0.4 is 20.1 Å². The van der Waals surface area contributed by atoms with Gasteiger partial charge in [0.15, 0.2) is 23.0 Å². The van der Waals surface area contributed by atoms with Crippen LogP contribution in [0.1, 0.15) is 26.3 Å². The van der Waals surface area contributed by atoms with Crippen molar-refractivity contribution in [3.8, 4) is 28.6 Å². The molecule has 0 spiro atoms. The molecule has 3 aromatic heterocycles. The number of benzene rings is 2. The van der Waals surface area contributed by atoms with Gasteiger partial charge in [0, 0.05) is 42.5 Å². The summed E-state index contributed by atoms with van der Waals surface area (Å²) in [6.45, 7) is 9.51. The SMILES string of the molecule is Cc1cc(Nc2nccn3c(-c4ccc(Oc5ccccn5)c(F)c4F)cnc23)ccc1OCCOCCOCCNC(=O)OC(C)(C)C. The van der Waals surface area contributed by atoms with E-state index < -0.39 is 23.3 Å². The lowest BCUT2D eigenvalue weighted by molar-refractivity contribution is 0.0327. The number of nitrogens with zero attached hydrogens (tertiary/aromatic N) is 4. The maximum Gasteiger partial charge on any atom is 0.407 e. The zero-order chi connectivity index (χ0) is 34.8. The molecule has 49 heavy (non-hydrogen) atoms. The number of rotatable bonds is 15. The van der Waals surface area contributed by atoms with Crippen LogP contribution in [0.4, 0.5) is 25.1 Å². The Labute approximate surface area is 282 Å². The van der Waals surface area contributed by atoms with Crippen LogP contribution in [0.2, 0.25) is 0 Å². The van der Waals surface area contributed by atoms with E-state index >= 15 is 4.39 Å². The summed E-state index contributed by atoms with van der Waals surface area (Å²) in [4.78, 5) is 24.4. The molecule has 12 nitrogen and oxygen atoms in total. The van der Waals surface area contributed by atoms with E-state index in [0.717, 1.165) is 11.3 Å². The number of hydrogen-bond donors (Lipinski definition) is 2. The second kappa shape index (κ2) is 16.2. The van der Waals surface area contributed by atoms with Gasteiger partial charge in [-0.1, -0.05) is 6.07 Å². The second-order valence-corrected chi connectivity index (χ2v) is 11.7. The average molecular weight is 677 g/mol. The van der Waals surface area contributed by atoms with Crippen LogP contribution in [0.25, 0.3) is 16.9 Å². The van der Waals surface area contributed by atoms with Crippen LogP contribution in [0.15, 0.2) is 73.3 Å². The lowest BCUT2D eigenvalue weighted by atomic mass is 10.1. The van der Waals surface area contributed by atoms with Crippen LogP contribution in [-0.2, 0) is 14.2 Å². The number of fused-ring (bicyclic) bond motifs is 1. The van der Waals surface area contributed by atoms with Crippen molar-refractivity contribution in [2.75, 3.05) is 44.9 Å². The molecule has 0 bridgehead atoms. The zero-order valence-electron chi connectivity index (χ0n) is 27.7. The first kappa shape index (κ1) is 35.0. The number of aryl methyl sites for hydroxylation is 1. The first-order valence-corrected chi connectivity index (χ1v) is 15.6. The van der Waals surface area contributed by atoms with Gasteiger partial charge in [-0.15, -0.1) is 0 Å². The summed E-state index contributed by atoms with van der Waals surface area (Å²) < 4.78 is 59.4. The van der Waals surface area contributed by atoms with Gasteiger partial charge < -0.3 is 34.3 Å². The van der Waals surface area contributed by atoms with Crippen molar-refractivity contribution >= 4 is 23.2 Å². The topological polar surface area (TPSA) is 130 Å². The van der Waals surface area contributed by atoms with Gasteiger partial charge in [-0.3, -0.25) is 4.40 Å². The molecule has 3 heterocycles. The van der Waals surface area contributed by atoms with E-state index in [4.69, 9.17) is 23.7 Å². The fourth-order valence-corrected chi connectivity index (χ4v) is 4.63. The standard InChI is InChI=1S/C35H38F2N6O6/c1-23-21-24(8-10-27(23)47-20-19-46-18-17-45-16-14-40-34(44)49-35(2,3)4)42-32-33-41-22-26(43(33)15-13-39-32)25-9-11-28(31(37)30(25)36)48-29-7-5-6-12-38-29/h5-13,15,21-22H,14,16-20H2,1-4H3,(H,39,42)(H,40,44). The maximum absolute atomic E-state index is 15.3. The minimum Gasteiger partial charge on any atom is -0.491 e. The van der Waals surface area contributed by atoms with Crippen LogP contribution in [0, 0.1) is 18.6 Å². The van der Waals surface area contributed by atoms with Gasteiger partial charge >= 0.3 is 6.09 Å². The van der Waals surface area contributed by atoms with Crippen LogP contribution in [0.5, 0.6) is 17.4 Å². The van der Waals surface area contributed by atoms with Gasteiger partial charge in [-0.2, -0.15) is 4.39 Å². The van der Waals surface area contributed by atoms with Gasteiger partial charge in [0.05, 0.1) is 38.3 Å². The quantitative estimate of drug-likeness (QED) is 0.114. The molecular formula is C35H38F2N6O6. The van der Waals surface area contributed by atoms with Crippen molar-refractivity contribution in [3.05, 3.63) is 90.5 Å². The molecule has 0 fully saturated rings. The van der Waals surface area contributed by atoms with Crippen LogP contribution >= 0.6 is 0 Å². The third-order valence-corrected chi connectivity index (χ3v) is 6.81. The minimum absolute atomic E-state index is 0.0111. The van der Waals surface area contributed by atoms with Crippen molar-refractivity contribution in [1.29, 1.82) is 0 Å². The van der Waals surface area contributed by atoms with E-state index in [2.05, 4.69) is 25.6 Å². The highest BCUT2D eigenvalue weighted by Gasteiger charge is 2.20. The van der Waals surface area contributed by atoms with Gasteiger partial charge in [-0.05, 0) is 69.7 Å². The van der Waals surface area contributed by atoms with E-state index in [1.54, 1.807) is 55.8 Å². The summed E-state index contributed by atoms with van der Waals surface area (Å²) in [6, 6.07) is 13.3. The Morgan fingerprint density at radius 3 is 2.41 bits per heavy atom. The van der Waals surface area contributed by atoms with E-state index in [1.807, 2.05) is 25.1 Å². The summed E-state index contributed by atoms with van der Waals surface area (Å²) in [5, 5.41) is 5.88.